The summed E-state index contributed by atoms with van der Waals surface area (Å²) in [5, 5.41) is 0. The van der Waals surface area contributed by atoms with Crippen molar-refractivity contribution in [3.63, 3.8) is 0 Å². The van der Waals surface area contributed by atoms with E-state index in [9.17, 15) is 0 Å². The number of allylic oxidation sites excluding steroid dienone is 3. The van der Waals surface area contributed by atoms with Crippen LogP contribution >= 0.6 is 0 Å². The van der Waals surface area contributed by atoms with Gasteiger partial charge in [0.05, 0.1) is 0 Å². The summed E-state index contributed by atoms with van der Waals surface area (Å²) in [7, 11) is 0. The molecule has 1 aliphatic carbocycles. The van der Waals surface area contributed by atoms with Crippen molar-refractivity contribution in [3.05, 3.63) is 23.4 Å². The minimum absolute atomic E-state index is 0.579. The molecule has 0 aliphatic heterocycles. The Hall–Kier alpha value is -0.840. The van der Waals surface area contributed by atoms with Gasteiger partial charge in [0.25, 0.3) is 6.61 Å². The Kier molecular flexibility index (Phi) is 5.39. The molecule has 0 saturated heterocycles. The van der Waals surface area contributed by atoms with E-state index in [-0.39, 0.29) is 0 Å². The molecule has 0 aromatic rings. The van der Waals surface area contributed by atoms with Crippen LogP contribution in [-0.4, -0.2) is 19.8 Å². The highest BCUT2D eigenvalue weighted by Crippen LogP contribution is 2.18. The van der Waals surface area contributed by atoms with Gasteiger partial charge in [-0.15, -0.1) is 0 Å². The molecule has 0 radical (unpaired) electrons. The maximum absolute atomic E-state index is 5.68. The first-order chi connectivity index (χ1) is 7.26. The lowest BCUT2D eigenvalue weighted by atomic mass is 10.0. The standard InChI is InChI=1S/C11H20NO3/c1-3-13-15(14-4-2)9-10-5-7-11(12)8-6-10/h5,7H,3-4,6,8-9,12H2,1-2H3/q+1. The van der Waals surface area contributed by atoms with Crippen LogP contribution in [-0.2, 0) is 14.4 Å². The summed E-state index contributed by atoms with van der Waals surface area (Å²) in [5.41, 5.74) is 7.86. The van der Waals surface area contributed by atoms with Crippen LogP contribution in [0.25, 0.3) is 0 Å². The highest BCUT2D eigenvalue weighted by Gasteiger charge is 2.18. The molecule has 2 N–H and O–H groups in total. The summed E-state index contributed by atoms with van der Waals surface area (Å²) in [4.78, 5) is 10.5. The second-order valence-electron chi connectivity index (χ2n) is 3.33. The lowest BCUT2D eigenvalue weighted by Crippen LogP contribution is -2.19. The molecule has 0 heterocycles. The van der Waals surface area contributed by atoms with E-state index < -0.39 is 0 Å². The zero-order valence-electron chi connectivity index (χ0n) is 9.49. The molecular weight excluding hydrogens is 194 g/mol. The minimum atomic E-state index is 0.579. The van der Waals surface area contributed by atoms with Gasteiger partial charge in [-0.3, -0.25) is 0 Å². The maximum Gasteiger partial charge on any atom is 0.254 e. The normalized spacial score (nSPS) is 16.5. The molecular formula is C11H20NO3+. The Morgan fingerprint density at radius 2 is 1.87 bits per heavy atom. The summed E-state index contributed by atoms with van der Waals surface area (Å²) in [6.07, 6.45) is 5.84. The molecule has 0 saturated carbocycles. The van der Waals surface area contributed by atoms with Gasteiger partial charge < -0.3 is 5.73 Å². The highest BCUT2D eigenvalue weighted by molar-refractivity contribution is 5.22. The van der Waals surface area contributed by atoms with Gasteiger partial charge in [0.2, 0.25) is 0 Å². The molecule has 86 valence electrons. The summed E-state index contributed by atoms with van der Waals surface area (Å²) in [6.45, 7) is 5.61. The van der Waals surface area contributed by atoms with E-state index in [4.69, 9.17) is 15.5 Å². The first-order valence-corrected chi connectivity index (χ1v) is 5.37. The van der Waals surface area contributed by atoms with E-state index >= 15 is 0 Å². The summed E-state index contributed by atoms with van der Waals surface area (Å²) in [6, 6.07) is 0. The summed E-state index contributed by atoms with van der Waals surface area (Å²) in [5.74, 6) is 0. The number of hydrogen-bond acceptors (Lipinski definition) is 3. The van der Waals surface area contributed by atoms with Gasteiger partial charge in [0.1, 0.15) is 13.2 Å². The molecule has 4 heteroatoms. The third kappa shape index (κ3) is 4.46. The third-order valence-corrected chi connectivity index (χ3v) is 2.07. The van der Waals surface area contributed by atoms with Crippen molar-refractivity contribution >= 4 is 0 Å². The van der Waals surface area contributed by atoms with Crippen LogP contribution in [0.4, 0.5) is 0 Å². The Bertz CT molecular complexity index is 242. The Morgan fingerprint density at radius 1 is 1.20 bits per heavy atom. The monoisotopic (exact) mass is 214 g/mol. The number of hydrogen-bond donors (Lipinski definition) is 1. The average Bonchev–Trinajstić information content (AvgIpc) is 2.22. The van der Waals surface area contributed by atoms with Gasteiger partial charge >= 0.3 is 0 Å². The Labute approximate surface area is 90.9 Å². The molecule has 0 amide bonds. The molecule has 0 spiro atoms. The van der Waals surface area contributed by atoms with E-state index in [1.54, 1.807) is 0 Å². The van der Waals surface area contributed by atoms with Crippen LogP contribution in [0.15, 0.2) is 23.4 Å². The van der Waals surface area contributed by atoms with Gasteiger partial charge in [-0.2, -0.15) is 0 Å². The van der Waals surface area contributed by atoms with Crippen LogP contribution in [0.3, 0.4) is 0 Å². The van der Waals surface area contributed by atoms with Crippen molar-refractivity contribution in [3.8, 4) is 0 Å². The zero-order chi connectivity index (χ0) is 11.1. The summed E-state index contributed by atoms with van der Waals surface area (Å²) < 4.78 is 2.36. The highest BCUT2D eigenvalue weighted by atomic mass is 17.6. The minimum Gasteiger partial charge on any atom is -0.402 e. The fraction of sp³-hybridized carbons (Fsp3) is 0.636. The smallest absolute Gasteiger partial charge is 0.254 e. The maximum atomic E-state index is 5.68. The summed E-state index contributed by atoms with van der Waals surface area (Å²) >= 11 is 0. The number of nitrogens with two attached hydrogens (primary N) is 1. The van der Waals surface area contributed by atoms with E-state index in [2.05, 4.69) is 4.67 Å². The van der Waals surface area contributed by atoms with Crippen LogP contribution < -0.4 is 5.73 Å². The van der Waals surface area contributed by atoms with Crippen molar-refractivity contribution in [2.75, 3.05) is 19.8 Å². The van der Waals surface area contributed by atoms with E-state index in [0.29, 0.717) is 19.8 Å². The van der Waals surface area contributed by atoms with Crippen LogP contribution in [0.2, 0.25) is 0 Å². The van der Waals surface area contributed by atoms with Gasteiger partial charge in [-0.05, 0) is 32.8 Å². The second kappa shape index (κ2) is 6.61. The quantitative estimate of drug-likeness (QED) is 0.418. The van der Waals surface area contributed by atoms with Gasteiger partial charge in [-0.25, -0.2) is 0 Å². The van der Waals surface area contributed by atoms with Crippen molar-refractivity contribution in [2.45, 2.75) is 26.7 Å². The van der Waals surface area contributed by atoms with Crippen LogP contribution in [0, 0.1) is 0 Å². The number of rotatable bonds is 6. The van der Waals surface area contributed by atoms with Crippen molar-refractivity contribution < 1.29 is 14.4 Å². The molecule has 0 aromatic heterocycles. The van der Waals surface area contributed by atoms with Gasteiger partial charge in [0, 0.05) is 11.3 Å². The molecule has 0 atom stereocenters. The van der Waals surface area contributed by atoms with Crippen molar-refractivity contribution in [1.82, 2.24) is 0 Å². The molecule has 0 bridgehead atoms. The topological polar surface area (TPSA) is 47.2 Å². The Balaban J connectivity index is 2.43. The van der Waals surface area contributed by atoms with E-state index in [0.717, 1.165) is 18.5 Å². The largest absolute Gasteiger partial charge is 0.402 e. The predicted octanol–water partition coefficient (Wildman–Crippen LogP) is 2.00. The van der Waals surface area contributed by atoms with E-state index in [1.807, 2.05) is 26.0 Å². The van der Waals surface area contributed by atoms with Crippen molar-refractivity contribution in [1.29, 1.82) is 0 Å². The fourth-order valence-corrected chi connectivity index (χ4v) is 1.35. The molecule has 15 heavy (non-hydrogen) atoms. The van der Waals surface area contributed by atoms with Crippen molar-refractivity contribution in [2.24, 2.45) is 5.73 Å². The molecule has 0 aromatic carbocycles. The second-order valence-corrected chi connectivity index (χ2v) is 3.33. The first-order valence-electron chi connectivity index (χ1n) is 5.37. The zero-order valence-corrected chi connectivity index (χ0v) is 9.49. The van der Waals surface area contributed by atoms with Crippen LogP contribution in [0.1, 0.15) is 26.7 Å². The Morgan fingerprint density at radius 3 is 2.33 bits per heavy atom. The van der Waals surface area contributed by atoms with Crippen LogP contribution in [0.5, 0.6) is 0 Å². The molecule has 0 fully saturated rings. The predicted molar refractivity (Wildman–Crippen MR) is 58.8 cm³/mol. The molecule has 0 unspecified atom stereocenters. The molecule has 1 rings (SSSR count). The third-order valence-electron chi connectivity index (χ3n) is 2.07. The SMILES string of the molecule is CCO[O+](CC1=CC=C(N)CC1)OCC. The lowest BCUT2D eigenvalue weighted by molar-refractivity contribution is -0.650. The van der Waals surface area contributed by atoms with Gasteiger partial charge in [0.15, 0.2) is 0 Å². The average molecular weight is 214 g/mol. The fourth-order valence-electron chi connectivity index (χ4n) is 1.35. The molecule has 4 nitrogen and oxygen atoms in total. The first kappa shape index (κ1) is 12.2. The van der Waals surface area contributed by atoms with E-state index in [1.165, 1.54) is 5.57 Å². The van der Waals surface area contributed by atoms with Gasteiger partial charge in [-0.1, -0.05) is 20.5 Å². The lowest BCUT2D eigenvalue weighted by Gasteiger charge is -2.13. The molecule has 1 aliphatic rings.